The second-order valence-electron chi connectivity index (χ2n) is 7.28. The van der Waals surface area contributed by atoms with E-state index < -0.39 is 38.6 Å². The quantitative estimate of drug-likeness (QED) is 0.540. The van der Waals surface area contributed by atoms with Gasteiger partial charge in [-0.3, -0.25) is 9.35 Å². The van der Waals surface area contributed by atoms with Gasteiger partial charge >= 0.3 is 10.3 Å². The lowest BCUT2D eigenvalue weighted by Crippen LogP contribution is -2.50. The molecule has 0 amide bonds. The lowest BCUT2D eigenvalue weighted by molar-refractivity contribution is -0.138. The van der Waals surface area contributed by atoms with E-state index in [-0.39, 0.29) is 12.1 Å². The Morgan fingerprint density at radius 2 is 1.91 bits per heavy atom. The van der Waals surface area contributed by atoms with Crippen LogP contribution in [0, 0.1) is 10.8 Å². The van der Waals surface area contributed by atoms with Crippen LogP contribution in [0.15, 0.2) is 22.8 Å². The van der Waals surface area contributed by atoms with Gasteiger partial charge in [0.2, 0.25) is 0 Å². The number of Topliss-reactive ketones (excluding diaryl/α,β-unsaturated/α-hetero) is 1. The molecule has 0 aromatic carbocycles. The highest BCUT2D eigenvalue weighted by molar-refractivity contribution is 7.83. The van der Waals surface area contributed by atoms with Crippen LogP contribution in [-0.4, -0.2) is 47.2 Å². The molecule has 3 atom stereocenters. The smallest absolute Gasteiger partial charge is 0.333 e. The summed E-state index contributed by atoms with van der Waals surface area (Å²) in [7, 11) is -4.41. The van der Waals surface area contributed by atoms with Crippen molar-refractivity contribution < 1.29 is 28.0 Å². The third kappa shape index (κ3) is 2.16. The highest BCUT2D eigenvalue weighted by atomic mass is 32.2. The van der Waals surface area contributed by atoms with Gasteiger partial charge in [-0.05, 0) is 32.3 Å². The molecule has 128 valence electrons. The van der Waals surface area contributed by atoms with Crippen LogP contribution >= 0.6 is 0 Å². The second-order valence-corrected chi connectivity index (χ2v) is 8.52. The van der Waals surface area contributed by atoms with Crippen LogP contribution in [0.25, 0.3) is 0 Å². The Hall–Kier alpha value is -1.06. The predicted octanol–water partition coefficient (Wildman–Crippen LogP) is 0.116. The zero-order valence-electron chi connectivity index (χ0n) is 13.3. The monoisotopic (exact) mass is 343 g/mol. The van der Waals surface area contributed by atoms with Gasteiger partial charge in [0.25, 0.3) is 0 Å². The molecule has 0 aromatic rings. The van der Waals surface area contributed by atoms with E-state index in [4.69, 9.17) is 4.55 Å². The van der Waals surface area contributed by atoms with Gasteiger partial charge < -0.3 is 10.2 Å². The largest absolute Gasteiger partial charge is 0.387 e. The van der Waals surface area contributed by atoms with Crippen molar-refractivity contribution in [2.45, 2.75) is 45.3 Å². The number of ketones is 1. The van der Waals surface area contributed by atoms with Crippen LogP contribution in [0.4, 0.5) is 0 Å². The standard InChI is InChI=1S/C15H21NO6S/c1-8-10-9(11(17)14(3,19)15(8)4-5-15)6-13(2,12(10)18)7-16-23(20,21)22/h6,12,16,18-19H,4-5,7H2,1-3H3,(H,20,21,22)/t12-,13+,14+/m1/s1. The van der Waals surface area contributed by atoms with Gasteiger partial charge in [0.1, 0.15) is 5.60 Å². The van der Waals surface area contributed by atoms with E-state index in [2.05, 4.69) is 0 Å². The minimum absolute atomic E-state index is 0.247. The first kappa shape index (κ1) is 16.8. The van der Waals surface area contributed by atoms with Gasteiger partial charge in [-0.25, -0.2) is 0 Å². The van der Waals surface area contributed by atoms with Gasteiger partial charge in [0.15, 0.2) is 5.78 Å². The summed E-state index contributed by atoms with van der Waals surface area (Å²) in [6.45, 7) is 4.66. The molecule has 8 heteroatoms. The summed E-state index contributed by atoms with van der Waals surface area (Å²) in [5.41, 5.74) is -1.70. The molecule has 1 saturated carbocycles. The lowest BCUT2D eigenvalue weighted by Gasteiger charge is -2.39. The van der Waals surface area contributed by atoms with Gasteiger partial charge in [0.05, 0.1) is 6.10 Å². The molecule has 3 aliphatic carbocycles. The minimum atomic E-state index is -4.41. The summed E-state index contributed by atoms with van der Waals surface area (Å²) in [5.74, 6) is -0.440. The molecular formula is C15H21NO6S. The molecule has 0 bridgehead atoms. The molecule has 1 spiro atoms. The fraction of sp³-hybridized carbons (Fsp3) is 0.667. The fourth-order valence-corrected chi connectivity index (χ4v) is 4.54. The number of rotatable bonds is 3. The highest BCUT2D eigenvalue weighted by Gasteiger charge is 2.66. The SMILES string of the molecule is CC1=C2C(=C[C@@](C)(CNS(=O)(=O)O)[C@@H]2O)C(=O)[C@](C)(O)C12CC2. The number of aliphatic hydroxyl groups is 2. The van der Waals surface area contributed by atoms with Crippen molar-refractivity contribution in [1.29, 1.82) is 0 Å². The number of carbonyl (C=O) groups excluding carboxylic acids is 1. The first-order chi connectivity index (χ1) is 10.4. The van der Waals surface area contributed by atoms with Gasteiger partial charge in [0, 0.05) is 22.9 Å². The van der Waals surface area contributed by atoms with Crippen LogP contribution in [0.3, 0.4) is 0 Å². The molecule has 0 heterocycles. The average molecular weight is 343 g/mol. The summed E-state index contributed by atoms with van der Waals surface area (Å²) in [5, 5.41) is 21.4. The molecule has 4 N–H and O–H groups in total. The molecule has 3 aliphatic rings. The Morgan fingerprint density at radius 1 is 1.35 bits per heavy atom. The molecule has 0 radical (unpaired) electrons. The third-order valence-corrected chi connectivity index (χ3v) is 6.30. The van der Waals surface area contributed by atoms with Crippen LogP contribution in [0.5, 0.6) is 0 Å². The van der Waals surface area contributed by atoms with Gasteiger partial charge in [-0.15, -0.1) is 0 Å². The molecule has 0 unspecified atom stereocenters. The predicted molar refractivity (Wildman–Crippen MR) is 81.7 cm³/mol. The molecule has 1 fully saturated rings. The third-order valence-electron chi connectivity index (χ3n) is 5.79. The zero-order chi connectivity index (χ0) is 17.4. The summed E-state index contributed by atoms with van der Waals surface area (Å²) in [6, 6.07) is 0. The van der Waals surface area contributed by atoms with E-state index in [0.717, 1.165) is 5.57 Å². The molecule has 3 rings (SSSR count). The Kier molecular flexibility index (Phi) is 3.30. The van der Waals surface area contributed by atoms with Crippen molar-refractivity contribution in [3.8, 4) is 0 Å². The molecule has 7 nitrogen and oxygen atoms in total. The normalized spacial score (nSPS) is 38.8. The summed E-state index contributed by atoms with van der Waals surface area (Å²) >= 11 is 0. The van der Waals surface area contributed by atoms with Crippen molar-refractivity contribution in [3.05, 3.63) is 22.8 Å². The van der Waals surface area contributed by atoms with Crippen molar-refractivity contribution in [3.63, 3.8) is 0 Å². The van der Waals surface area contributed by atoms with Gasteiger partial charge in [-0.1, -0.05) is 18.6 Å². The van der Waals surface area contributed by atoms with Crippen molar-refractivity contribution >= 4 is 16.1 Å². The molecule has 23 heavy (non-hydrogen) atoms. The topological polar surface area (TPSA) is 124 Å². The summed E-state index contributed by atoms with van der Waals surface area (Å²) in [6.07, 6.45) is 1.78. The molecular weight excluding hydrogens is 322 g/mol. The average Bonchev–Trinajstić information content (AvgIpc) is 3.18. The van der Waals surface area contributed by atoms with E-state index in [0.29, 0.717) is 18.4 Å². The first-order valence-corrected chi connectivity index (χ1v) is 8.91. The van der Waals surface area contributed by atoms with Crippen LogP contribution in [-0.2, 0) is 15.1 Å². The lowest BCUT2D eigenvalue weighted by atomic mass is 9.67. The van der Waals surface area contributed by atoms with Gasteiger partial charge in [-0.2, -0.15) is 13.1 Å². The van der Waals surface area contributed by atoms with Crippen LogP contribution < -0.4 is 4.72 Å². The molecule has 0 saturated heterocycles. The maximum Gasteiger partial charge on any atom is 0.333 e. The Balaban J connectivity index is 2.07. The van der Waals surface area contributed by atoms with E-state index in [9.17, 15) is 23.4 Å². The summed E-state index contributed by atoms with van der Waals surface area (Å²) in [4.78, 5) is 12.7. The zero-order valence-corrected chi connectivity index (χ0v) is 14.1. The number of fused-ring (bicyclic) bond motifs is 1. The van der Waals surface area contributed by atoms with Crippen molar-refractivity contribution in [2.75, 3.05) is 6.54 Å². The van der Waals surface area contributed by atoms with E-state index in [1.807, 2.05) is 11.6 Å². The Bertz CT molecular complexity index is 759. The second kappa shape index (κ2) is 4.52. The number of nitrogens with one attached hydrogen (secondary N) is 1. The van der Waals surface area contributed by atoms with E-state index in [1.54, 1.807) is 6.92 Å². The maximum atomic E-state index is 12.7. The fourth-order valence-electron chi connectivity index (χ4n) is 4.04. The molecule has 0 aliphatic heterocycles. The number of hydrogen-bond acceptors (Lipinski definition) is 5. The van der Waals surface area contributed by atoms with E-state index >= 15 is 0 Å². The number of aliphatic hydroxyl groups excluding tert-OH is 1. The van der Waals surface area contributed by atoms with Crippen molar-refractivity contribution in [1.82, 2.24) is 4.72 Å². The number of carbonyl (C=O) groups is 1. The Morgan fingerprint density at radius 3 is 2.39 bits per heavy atom. The van der Waals surface area contributed by atoms with Crippen LogP contribution in [0.2, 0.25) is 0 Å². The first-order valence-electron chi connectivity index (χ1n) is 7.47. The highest BCUT2D eigenvalue weighted by Crippen LogP contribution is 2.65. The maximum absolute atomic E-state index is 12.7. The van der Waals surface area contributed by atoms with Crippen LogP contribution in [0.1, 0.15) is 33.6 Å². The molecule has 0 aromatic heterocycles. The minimum Gasteiger partial charge on any atom is -0.387 e. The summed E-state index contributed by atoms with van der Waals surface area (Å²) < 4.78 is 32.7. The Labute approximate surface area is 135 Å². The van der Waals surface area contributed by atoms with E-state index in [1.165, 1.54) is 13.0 Å². The van der Waals surface area contributed by atoms with Crippen molar-refractivity contribution in [2.24, 2.45) is 10.8 Å². The number of hydrogen-bond donors (Lipinski definition) is 4.